The summed E-state index contributed by atoms with van der Waals surface area (Å²) in [4.78, 5) is 73.1. The van der Waals surface area contributed by atoms with Gasteiger partial charge in [-0.15, -0.1) is 0 Å². The summed E-state index contributed by atoms with van der Waals surface area (Å²) in [6, 6.07) is 0. The molecular formula is C91H140O17P2. The third-order valence-electron chi connectivity index (χ3n) is 15.6. The molecule has 0 aliphatic heterocycles. The lowest BCUT2D eigenvalue weighted by Crippen LogP contribution is -2.30. The zero-order valence-electron chi connectivity index (χ0n) is 67.3. The van der Waals surface area contributed by atoms with Crippen LogP contribution in [0.15, 0.2) is 231 Å². The van der Waals surface area contributed by atoms with E-state index < -0.39 is 97.5 Å². The number of unbranched alkanes of at least 4 members (excludes halogenated alkanes) is 9. The van der Waals surface area contributed by atoms with E-state index >= 15 is 0 Å². The lowest BCUT2D eigenvalue weighted by atomic mass is 10.1. The average molecular weight is 1570 g/mol. The Labute approximate surface area is 664 Å². The first-order valence-electron chi connectivity index (χ1n) is 40.6. The topological polar surface area (TPSA) is 237 Å². The predicted octanol–water partition coefficient (Wildman–Crippen LogP) is 24.2. The highest BCUT2D eigenvalue weighted by molar-refractivity contribution is 7.47. The van der Waals surface area contributed by atoms with E-state index in [1.165, 1.54) is 0 Å². The van der Waals surface area contributed by atoms with Gasteiger partial charge in [0.2, 0.25) is 0 Å². The molecule has 0 bridgehead atoms. The van der Waals surface area contributed by atoms with Gasteiger partial charge in [-0.2, -0.15) is 0 Å². The monoisotopic (exact) mass is 1570 g/mol. The van der Waals surface area contributed by atoms with Crippen molar-refractivity contribution in [1.29, 1.82) is 0 Å². The first kappa shape index (κ1) is 103. The summed E-state index contributed by atoms with van der Waals surface area (Å²) < 4.78 is 68.5. The van der Waals surface area contributed by atoms with Gasteiger partial charge in [0, 0.05) is 25.7 Å². The van der Waals surface area contributed by atoms with E-state index in [-0.39, 0.29) is 25.7 Å². The molecule has 616 valence electrons. The Bertz CT molecular complexity index is 3000. The van der Waals surface area contributed by atoms with Crippen molar-refractivity contribution in [3.05, 3.63) is 231 Å². The molecule has 0 aliphatic carbocycles. The van der Waals surface area contributed by atoms with Gasteiger partial charge in [0.1, 0.15) is 19.3 Å². The molecule has 0 aromatic rings. The van der Waals surface area contributed by atoms with Gasteiger partial charge in [-0.05, 0) is 180 Å². The SMILES string of the molecule is CC/C=C\C/C=C\C/C=C\C/C=C\C/C=C\C/C=C\CCC(=O)OCC(COP(=O)(O)OCC(O)COP(=O)(O)OCC(COC(=O)CCC/C=C\C/C=C\C/C=C\C/C=C\C/C=C\CC)OC(=O)CCCCCC/C=C\C/C=C\C/C=C\C/C=C\CC)OC(=O)CCCCCC/C=C\C/C=C\C/C=C\C/C=C\CC. The van der Waals surface area contributed by atoms with E-state index in [1.54, 1.807) is 0 Å². The number of ether oxygens (including phenoxy) is 4. The maximum Gasteiger partial charge on any atom is 0.472 e. The summed E-state index contributed by atoms with van der Waals surface area (Å²) in [6.07, 6.45) is 103. The van der Waals surface area contributed by atoms with Crippen LogP contribution in [-0.2, 0) is 65.4 Å². The molecule has 5 atom stereocenters. The molecular weight excluding hydrogens is 1430 g/mol. The molecule has 0 fully saturated rings. The number of esters is 4. The number of aliphatic hydroxyl groups excluding tert-OH is 1. The van der Waals surface area contributed by atoms with Crippen molar-refractivity contribution in [2.75, 3.05) is 39.6 Å². The van der Waals surface area contributed by atoms with Crippen LogP contribution in [0.2, 0.25) is 0 Å². The molecule has 5 unspecified atom stereocenters. The minimum Gasteiger partial charge on any atom is -0.462 e. The van der Waals surface area contributed by atoms with Crippen molar-refractivity contribution >= 4 is 39.5 Å². The van der Waals surface area contributed by atoms with Crippen molar-refractivity contribution < 1.29 is 80.2 Å². The number of allylic oxidation sites excluding steroid dienone is 38. The molecule has 0 amide bonds. The van der Waals surface area contributed by atoms with Gasteiger partial charge in [0.15, 0.2) is 12.2 Å². The summed E-state index contributed by atoms with van der Waals surface area (Å²) in [5.41, 5.74) is 0. The highest BCUT2D eigenvalue weighted by Crippen LogP contribution is 2.45. The number of carbonyl (C=O) groups is 4. The van der Waals surface area contributed by atoms with Crippen LogP contribution in [0.4, 0.5) is 0 Å². The Balaban J connectivity index is 5.58. The third-order valence-corrected chi connectivity index (χ3v) is 17.5. The zero-order chi connectivity index (χ0) is 80.3. The number of aliphatic hydroxyl groups is 1. The van der Waals surface area contributed by atoms with Crippen molar-refractivity contribution in [3.63, 3.8) is 0 Å². The van der Waals surface area contributed by atoms with Gasteiger partial charge in [-0.3, -0.25) is 37.3 Å². The van der Waals surface area contributed by atoms with Gasteiger partial charge in [-0.25, -0.2) is 9.13 Å². The lowest BCUT2D eigenvalue weighted by Gasteiger charge is -2.21. The first-order chi connectivity index (χ1) is 53.7. The molecule has 0 aromatic carbocycles. The summed E-state index contributed by atoms with van der Waals surface area (Å²) in [6.45, 7) is 4.17. The molecule has 0 radical (unpaired) electrons. The van der Waals surface area contributed by atoms with E-state index in [1.807, 2.05) is 30.4 Å². The van der Waals surface area contributed by atoms with Crippen LogP contribution in [0.25, 0.3) is 0 Å². The normalized spacial score (nSPS) is 15.0. The predicted molar refractivity (Wildman–Crippen MR) is 454 cm³/mol. The van der Waals surface area contributed by atoms with Gasteiger partial charge < -0.3 is 33.8 Å². The maximum absolute atomic E-state index is 13.1. The largest absolute Gasteiger partial charge is 0.472 e. The van der Waals surface area contributed by atoms with Crippen LogP contribution in [-0.4, -0.2) is 96.7 Å². The Morgan fingerprint density at radius 2 is 0.473 bits per heavy atom. The van der Waals surface area contributed by atoms with E-state index in [9.17, 15) is 43.2 Å². The molecule has 3 N–H and O–H groups in total. The van der Waals surface area contributed by atoms with Crippen LogP contribution in [0.1, 0.15) is 259 Å². The average Bonchev–Trinajstić information content (AvgIpc) is 0.906. The zero-order valence-corrected chi connectivity index (χ0v) is 69.1. The number of hydrogen-bond donors (Lipinski definition) is 3. The number of phosphoric acid groups is 2. The Kier molecular flexibility index (Phi) is 75.2. The van der Waals surface area contributed by atoms with Gasteiger partial charge in [0.25, 0.3) is 0 Å². The van der Waals surface area contributed by atoms with E-state index in [4.69, 9.17) is 37.0 Å². The molecule has 0 heterocycles. The fourth-order valence-electron chi connectivity index (χ4n) is 9.61. The fraction of sp³-hybridized carbons (Fsp3) is 0.538. The maximum atomic E-state index is 13.1. The van der Waals surface area contributed by atoms with Crippen molar-refractivity contribution in [2.24, 2.45) is 0 Å². The highest BCUT2D eigenvalue weighted by atomic mass is 31.2. The van der Waals surface area contributed by atoms with E-state index in [2.05, 4.69) is 228 Å². The van der Waals surface area contributed by atoms with Crippen molar-refractivity contribution in [1.82, 2.24) is 0 Å². The minimum atomic E-state index is -5.02. The summed E-state index contributed by atoms with van der Waals surface area (Å²) >= 11 is 0. The van der Waals surface area contributed by atoms with Crippen molar-refractivity contribution in [2.45, 2.75) is 277 Å². The first-order valence-corrected chi connectivity index (χ1v) is 43.6. The standard InChI is InChI=1S/C91H140O17P2/c1-5-9-13-17-21-25-29-33-37-41-42-46-48-52-56-60-64-68-72-76-89(94)102-82-87(108-91(96)78-74-70-66-62-58-54-50-45-40-36-32-28-24-20-16-12-8-4)84-106-110(99,100)104-80-85(92)79-103-109(97,98)105-83-86(107-90(95)77-73-69-65-61-57-53-49-44-39-35-31-27-23-19-15-11-7-3)81-101-88(93)75-71-67-63-59-55-51-47-43-38-34-30-26-22-18-14-10-6-2/h9-16,21-28,33-40,42,46-47,49-54,56,59,63-64,68,85-87,92H,5-8,17-20,29-32,41,43-45,48,55,57-58,60-62,65-67,69-84H2,1-4H3,(H,97,98)(H,99,100)/b13-9-,14-10-,15-11-,16-12-,25-21-,26-22-,27-23-,28-24-,37-33-,38-34-,39-35-,40-36-,46-42-,51-47-,53-49-,54-50-,56-52-,63-59-,68-64-. The molecule has 0 saturated heterocycles. The van der Waals surface area contributed by atoms with Crippen molar-refractivity contribution in [3.8, 4) is 0 Å². The lowest BCUT2D eigenvalue weighted by molar-refractivity contribution is -0.161. The Hall–Kier alpha value is -6.88. The summed E-state index contributed by atoms with van der Waals surface area (Å²) in [5, 5.41) is 10.7. The molecule has 0 spiro atoms. The molecule has 0 aliphatic rings. The quantitative estimate of drug-likeness (QED) is 0.0169. The Morgan fingerprint density at radius 1 is 0.255 bits per heavy atom. The van der Waals surface area contributed by atoms with Gasteiger partial charge in [-0.1, -0.05) is 284 Å². The van der Waals surface area contributed by atoms with Crippen LogP contribution in [0, 0.1) is 0 Å². The second-order valence-corrected chi connectivity index (χ2v) is 28.7. The second kappa shape index (κ2) is 80.2. The van der Waals surface area contributed by atoms with E-state index in [0.717, 1.165) is 167 Å². The van der Waals surface area contributed by atoms with E-state index in [0.29, 0.717) is 38.5 Å². The van der Waals surface area contributed by atoms with Crippen LogP contribution in [0.3, 0.4) is 0 Å². The highest BCUT2D eigenvalue weighted by Gasteiger charge is 2.30. The van der Waals surface area contributed by atoms with Crippen LogP contribution in [0.5, 0.6) is 0 Å². The fourth-order valence-corrected chi connectivity index (χ4v) is 11.2. The second-order valence-electron chi connectivity index (χ2n) is 25.8. The molecule has 0 saturated carbocycles. The number of hydrogen-bond acceptors (Lipinski definition) is 15. The molecule has 0 rings (SSSR count). The van der Waals surface area contributed by atoms with Gasteiger partial charge in [0.05, 0.1) is 26.4 Å². The molecule has 17 nitrogen and oxygen atoms in total. The third kappa shape index (κ3) is 79.2. The Morgan fingerprint density at radius 3 is 0.755 bits per heavy atom. The number of rotatable bonds is 73. The minimum absolute atomic E-state index is 0.0185. The summed E-state index contributed by atoms with van der Waals surface area (Å²) in [7, 11) is -10.0. The van der Waals surface area contributed by atoms with Crippen LogP contribution < -0.4 is 0 Å². The number of carbonyl (C=O) groups excluding carboxylic acids is 4. The molecule has 110 heavy (non-hydrogen) atoms. The van der Waals surface area contributed by atoms with Crippen LogP contribution >= 0.6 is 15.6 Å². The number of phosphoric ester groups is 2. The molecule has 0 aromatic heterocycles. The van der Waals surface area contributed by atoms with Gasteiger partial charge >= 0.3 is 39.5 Å². The summed E-state index contributed by atoms with van der Waals surface area (Å²) in [5.74, 6) is -2.43. The smallest absolute Gasteiger partial charge is 0.462 e. The molecule has 19 heteroatoms.